The number of ether oxygens (including phenoxy) is 1. The first-order chi connectivity index (χ1) is 13.3. The second-order valence-corrected chi connectivity index (χ2v) is 7.93. The summed E-state index contributed by atoms with van der Waals surface area (Å²) in [6.07, 6.45) is 0.792. The standard InChI is InChI=1S/C19H20FN3O4S/c1-13(23-11-10-16-17(20)4-3-5-18(16)23)12-21-14-6-8-15(9-7-14)28(25,26)22-19(24)27-2/h3-11,13,21H,12H2,1-2H3,(H,22,24)/t13-/m1/s1. The van der Waals surface area contributed by atoms with Gasteiger partial charge in [-0.15, -0.1) is 0 Å². The van der Waals surface area contributed by atoms with Crippen molar-refractivity contribution in [1.82, 2.24) is 9.29 Å². The van der Waals surface area contributed by atoms with Crippen molar-refractivity contribution in [3.05, 3.63) is 60.5 Å². The number of hydrogen-bond acceptors (Lipinski definition) is 5. The highest BCUT2D eigenvalue weighted by Gasteiger charge is 2.17. The third-order valence-electron chi connectivity index (χ3n) is 4.35. The zero-order valence-corrected chi connectivity index (χ0v) is 16.2. The fraction of sp³-hybridized carbons (Fsp3) is 0.211. The zero-order chi connectivity index (χ0) is 20.3. The number of carbonyl (C=O) groups is 1. The molecule has 0 radical (unpaired) electrons. The molecule has 2 aromatic carbocycles. The molecule has 3 aromatic rings. The van der Waals surface area contributed by atoms with E-state index in [9.17, 15) is 17.6 Å². The van der Waals surface area contributed by atoms with E-state index in [1.807, 2.05) is 23.8 Å². The van der Waals surface area contributed by atoms with Crippen LogP contribution in [0.15, 0.2) is 59.6 Å². The first kappa shape index (κ1) is 19.7. The minimum Gasteiger partial charge on any atom is -0.452 e. The number of sulfonamides is 1. The highest BCUT2D eigenvalue weighted by Crippen LogP contribution is 2.23. The molecule has 0 saturated carbocycles. The lowest BCUT2D eigenvalue weighted by molar-refractivity contribution is 0.177. The number of amides is 1. The fourth-order valence-electron chi connectivity index (χ4n) is 2.86. The molecule has 0 bridgehead atoms. The smallest absolute Gasteiger partial charge is 0.420 e. The number of nitrogens with zero attached hydrogens (tertiary/aromatic N) is 1. The lowest BCUT2D eigenvalue weighted by Crippen LogP contribution is -2.30. The summed E-state index contributed by atoms with van der Waals surface area (Å²) in [4.78, 5) is 11.1. The number of halogens is 1. The maximum absolute atomic E-state index is 13.8. The van der Waals surface area contributed by atoms with Gasteiger partial charge in [0.15, 0.2) is 0 Å². The Hall–Kier alpha value is -3.07. The fourth-order valence-corrected chi connectivity index (χ4v) is 3.78. The average Bonchev–Trinajstić information content (AvgIpc) is 3.11. The summed E-state index contributed by atoms with van der Waals surface area (Å²) in [7, 11) is -2.89. The lowest BCUT2D eigenvalue weighted by atomic mass is 10.2. The molecule has 3 rings (SSSR count). The Balaban J connectivity index is 1.67. The van der Waals surface area contributed by atoms with E-state index in [1.54, 1.807) is 29.0 Å². The van der Waals surface area contributed by atoms with Gasteiger partial charge in [0.25, 0.3) is 10.0 Å². The van der Waals surface area contributed by atoms with E-state index in [0.29, 0.717) is 17.6 Å². The van der Waals surface area contributed by atoms with E-state index in [-0.39, 0.29) is 16.8 Å². The number of hydrogen-bond donors (Lipinski definition) is 2. The maximum Gasteiger partial charge on any atom is 0.420 e. The maximum atomic E-state index is 13.8. The van der Waals surface area contributed by atoms with E-state index < -0.39 is 16.1 Å². The Bertz CT molecular complexity index is 1090. The van der Waals surface area contributed by atoms with Gasteiger partial charge in [-0.2, -0.15) is 0 Å². The lowest BCUT2D eigenvalue weighted by Gasteiger charge is -2.17. The SMILES string of the molecule is COC(=O)NS(=O)(=O)c1ccc(NC[C@@H](C)n2ccc3c(F)cccc32)cc1. The van der Waals surface area contributed by atoms with Crippen LogP contribution in [0.3, 0.4) is 0 Å². The number of fused-ring (bicyclic) bond motifs is 1. The van der Waals surface area contributed by atoms with Crippen molar-refractivity contribution in [2.75, 3.05) is 19.0 Å². The van der Waals surface area contributed by atoms with Gasteiger partial charge >= 0.3 is 6.09 Å². The molecule has 0 aliphatic carbocycles. The number of rotatable bonds is 6. The molecule has 0 fully saturated rings. The van der Waals surface area contributed by atoms with E-state index in [4.69, 9.17) is 0 Å². The van der Waals surface area contributed by atoms with Crippen LogP contribution in [0, 0.1) is 5.82 Å². The molecule has 0 saturated heterocycles. The summed E-state index contributed by atoms with van der Waals surface area (Å²) in [6.45, 7) is 2.54. The molecule has 0 aliphatic heterocycles. The predicted molar refractivity (Wildman–Crippen MR) is 104 cm³/mol. The Kier molecular flexibility index (Phi) is 5.55. The van der Waals surface area contributed by atoms with Gasteiger partial charge in [-0.1, -0.05) is 6.07 Å². The minimum atomic E-state index is -3.98. The van der Waals surface area contributed by atoms with Gasteiger partial charge < -0.3 is 14.6 Å². The minimum absolute atomic E-state index is 0.0312. The van der Waals surface area contributed by atoms with Gasteiger partial charge in [-0.3, -0.25) is 0 Å². The van der Waals surface area contributed by atoms with Crippen LogP contribution in [-0.4, -0.2) is 32.7 Å². The van der Waals surface area contributed by atoms with E-state index in [0.717, 1.165) is 12.6 Å². The largest absolute Gasteiger partial charge is 0.452 e. The second kappa shape index (κ2) is 7.89. The molecule has 1 aromatic heterocycles. The molecule has 1 atom stereocenters. The predicted octanol–water partition coefficient (Wildman–Crippen LogP) is 3.50. The summed E-state index contributed by atoms with van der Waals surface area (Å²) < 4.78 is 45.9. The zero-order valence-electron chi connectivity index (χ0n) is 15.3. The molecular weight excluding hydrogens is 385 g/mol. The monoisotopic (exact) mass is 405 g/mol. The van der Waals surface area contributed by atoms with Crippen LogP contribution < -0.4 is 10.0 Å². The van der Waals surface area contributed by atoms with Crippen molar-refractivity contribution in [1.29, 1.82) is 0 Å². The number of benzene rings is 2. The Labute approximate surface area is 162 Å². The summed E-state index contributed by atoms with van der Waals surface area (Å²) in [5.74, 6) is -0.256. The van der Waals surface area contributed by atoms with Gasteiger partial charge in [-0.25, -0.2) is 22.3 Å². The number of nitrogens with one attached hydrogen (secondary N) is 2. The van der Waals surface area contributed by atoms with Crippen LogP contribution in [0.1, 0.15) is 13.0 Å². The van der Waals surface area contributed by atoms with Crippen LogP contribution in [0.2, 0.25) is 0 Å². The van der Waals surface area contributed by atoms with E-state index in [2.05, 4.69) is 10.1 Å². The van der Waals surface area contributed by atoms with Crippen LogP contribution in [0.5, 0.6) is 0 Å². The molecule has 0 aliphatic rings. The van der Waals surface area contributed by atoms with Crippen molar-refractivity contribution in [2.45, 2.75) is 17.9 Å². The Morgan fingerprint density at radius 3 is 2.57 bits per heavy atom. The van der Waals surface area contributed by atoms with Gasteiger partial charge in [-0.05, 0) is 49.4 Å². The normalized spacial score (nSPS) is 12.5. The van der Waals surface area contributed by atoms with Crippen LogP contribution >= 0.6 is 0 Å². The molecule has 1 heterocycles. The summed E-state index contributed by atoms with van der Waals surface area (Å²) in [5.41, 5.74) is 1.52. The number of aromatic nitrogens is 1. The molecule has 0 spiro atoms. The Morgan fingerprint density at radius 2 is 1.89 bits per heavy atom. The molecule has 2 N–H and O–H groups in total. The number of anilines is 1. The van der Waals surface area contributed by atoms with E-state index in [1.165, 1.54) is 18.2 Å². The van der Waals surface area contributed by atoms with Crippen LogP contribution in [0.25, 0.3) is 10.9 Å². The second-order valence-electron chi connectivity index (χ2n) is 6.25. The van der Waals surface area contributed by atoms with Crippen LogP contribution in [0.4, 0.5) is 14.9 Å². The first-order valence-electron chi connectivity index (χ1n) is 8.51. The molecule has 148 valence electrons. The van der Waals surface area contributed by atoms with Gasteiger partial charge in [0.2, 0.25) is 0 Å². The summed E-state index contributed by atoms with van der Waals surface area (Å²) in [5, 5.41) is 3.79. The highest BCUT2D eigenvalue weighted by atomic mass is 32.2. The molecule has 0 unspecified atom stereocenters. The van der Waals surface area contributed by atoms with Crippen molar-refractivity contribution >= 4 is 32.7 Å². The van der Waals surface area contributed by atoms with Gasteiger partial charge in [0, 0.05) is 29.9 Å². The summed E-state index contributed by atoms with van der Waals surface area (Å²) in [6, 6.07) is 12.7. The molecule has 1 amide bonds. The van der Waals surface area contributed by atoms with Crippen LogP contribution in [-0.2, 0) is 14.8 Å². The van der Waals surface area contributed by atoms with E-state index >= 15 is 0 Å². The average molecular weight is 405 g/mol. The highest BCUT2D eigenvalue weighted by molar-refractivity contribution is 7.90. The van der Waals surface area contributed by atoms with Gasteiger partial charge in [0.1, 0.15) is 5.82 Å². The van der Waals surface area contributed by atoms with Crippen molar-refractivity contribution in [3.8, 4) is 0 Å². The molecule has 7 nitrogen and oxygen atoms in total. The Morgan fingerprint density at radius 1 is 1.18 bits per heavy atom. The third-order valence-corrected chi connectivity index (χ3v) is 5.68. The third kappa shape index (κ3) is 4.09. The van der Waals surface area contributed by atoms with Gasteiger partial charge in [0.05, 0.1) is 17.5 Å². The topological polar surface area (TPSA) is 89.4 Å². The van der Waals surface area contributed by atoms with Crippen molar-refractivity contribution in [3.63, 3.8) is 0 Å². The first-order valence-corrected chi connectivity index (χ1v) is 10.00. The molecular formula is C19H20FN3O4S. The molecule has 28 heavy (non-hydrogen) atoms. The number of carbonyl (C=O) groups excluding carboxylic acids is 1. The van der Waals surface area contributed by atoms with Crippen molar-refractivity contribution in [2.24, 2.45) is 0 Å². The number of methoxy groups -OCH3 is 1. The quantitative estimate of drug-likeness (QED) is 0.655. The summed E-state index contributed by atoms with van der Waals surface area (Å²) >= 11 is 0. The van der Waals surface area contributed by atoms with Crippen molar-refractivity contribution < 1.29 is 22.3 Å². The molecule has 9 heteroatoms.